The van der Waals surface area contributed by atoms with E-state index in [2.05, 4.69) is 12.2 Å². The average Bonchev–Trinajstić information content (AvgIpc) is 2.49. The monoisotopic (exact) mass is 296 g/mol. The number of hydrogen-bond acceptors (Lipinski definition) is 3. The van der Waals surface area contributed by atoms with Crippen LogP contribution in [0, 0.1) is 0 Å². The molecule has 1 saturated heterocycles. The highest BCUT2D eigenvalue weighted by atomic mass is 32.2. The average molecular weight is 296 g/mol. The minimum absolute atomic E-state index is 0.0737. The van der Waals surface area contributed by atoms with Crippen molar-refractivity contribution in [2.45, 2.75) is 44.0 Å². The van der Waals surface area contributed by atoms with Gasteiger partial charge in [-0.05, 0) is 43.5 Å². The topological polar surface area (TPSA) is 49.4 Å². The highest BCUT2D eigenvalue weighted by Gasteiger charge is 2.30. The molecule has 0 amide bonds. The maximum absolute atomic E-state index is 12.8. The van der Waals surface area contributed by atoms with Gasteiger partial charge in [-0.15, -0.1) is 0 Å². The lowest BCUT2D eigenvalue weighted by Crippen LogP contribution is -2.48. The summed E-state index contributed by atoms with van der Waals surface area (Å²) in [6, 6.07) is 7.34. The van der Waals surface area contributed by atoms with Crippen molar-refractivity contribution < 1.29 is 8.42 Å². The molecule has 1 aromatic rings. The summed E-state index contributed by atoms with van der Waals surface area (Å²) in [4.78, 5) is 0.405. The molecular formula is C15H24N2O2S. The standard InChI is InChI=1S/C15H24N2O2S/c1-3-13-7-9-15(10-8-13)20(18,19)17(4-2)14-6-5-11-16-12-14/h7-10,14,16H,3-6,11-12H2,1-2H3. The fourth-order valence-electron chi connectivity index (χ4n) is 2.74. The van der Waals surface area contributed by atoms with Gasteiger partial charge in [-0.25, -0.2) is 8.42 Å². The summed E-state index contributed by atoms with van der Waals surface area (Å²) < 4.78 is 27.2. The van der Waals surface area contributed by atoms with E-state index >= 15 is 0 Å². The summed E-state index contributed by atoms with van der Waals surface area (Å²) >= 11 is 0. The number of sulfonamides is 1. The molecule has 4 nitrogen and oxygen atoms in total. The van der Waals surface area contributed by atoms with E-state index in [0.29, 0.717) is 11.4 Å². The van der Waals surface area contributed by atoms with Crippen molar-refractivity contribution in [1.29, 1.82) is 0 Å². The molecule has 0 saturated carbocycles. The number of nitrogens with zero attached hydrogens (tertiary/aromatic N) is 1. The molecule has 1 aromatic carbocycles. The molecule has 0 aliphatic carbocycles. The maximum Gasteiger partial charge on any atom is 0.243 e. The minimum Gasteiger partial charge on any atom is -0.315 e. The van der Waals surface area contributed by atoms with Gasteiger partial charge in [0.15, 0.2) is 0 Å². The predicted octanol–water partition coefficient (Wildman–Crippen LogP) is 2.01. The fourth-order valence-corrected chi connectivity index (χ4v) is 4.40. The van der Waals surface area contributed by atoms with Crippen molar-refractivity contribution in [3.63, 3.8) is 0 Å². The molecule has 20 heavy (non-hydrogen) atoms. The minimum atomic E-state index is -3.38. The second-order valence-electron chi connectivity index (χ2n) is 5.21. The molecular weight excluding hydrogens is 272 g/mol. The number of benzene rings is 1. The van der Waals surface area contributed by atoms with Crippen LogP contribution in [0.3, 0.4) is 0 Å². The van der Waals surface area contributed by atoms with E-state index in [0.717, 1.165) is 37.9 Å². The third-order valence-corrected chi connectivity index (χ3v) is 5.97. The zero-order chi connectivity index (χ0) is 14.6. The first-order valence-corrected chi connectivity index (χ1v) is 8.85. The lowest BCUT2D eigenvalue weighted by atomic mass is 10.1. The first-order chi connectivity index (χ1) is 9.59. The number of rotatable bonds is 5. The van der Waals surface area contributed by atoms with Gasteiger partial charge in [0, 0.05) is 19.1 Å². The zero-order valence-corrected chi connectivity index (χ0v) is 13.1. The smallest absolute Gasteiger partial charge is 0.243 e. The SMILES string of the molecule is CCc1ccc(S(=O)(=O)N(CC)C2CCCNC2)cc1. The van der Waals surface area contributed by atoms with E-state index in [1.165, 1.54) is 0 Å². The van der Waals surface area contributed by atoms with Gasteiger partial charge < -0.3 is 5.32 Å². The van der Waals surface area contributed by atoms with Gasteiger partial charge >= 0.3 is 0 Å². The van der Waals surface area contributed by atoms with Crippen LogP contribution < -0.4 is 5.32 Å². The fraction of sp³-hybridized carbons (Fsp3) is 0.600. The largest absolute Gasteiger partial charge is 0.315 e. The van der Waals surface area contributed by atoms with Crippen LogP contribution in [-0.4, -0.2) is 38.4 Å². The quantitative estimate of drug-likeness (QED) is 0.904. The Morgan fingerprint density at radius 3 is 2.45 bits per heavy atom. The number of nitrogens with one attached hydrogen (secondary N) is 1. The van der Waals surface area contributed by atoms with Crippen LogP contribution in [0.2, 0.25) is 0 Å². The normalized spacial score (nSPS) is 20.2. The molecule has 5 heteroatoms. The van der Waals surface area contributed by atoms with Gasteiger partial charge in [0.2, 0.25) is 10.0 Å². The van der Waals surface area contributed by atoms with Gasteiger partial charge in [-0.1, -0.05) is 26.0 Å². The molecule has 0 aromatic heterocycles. The molecule has 1 N–H and O–H groups in total. The Morgan fingerprint density at radius 1 is 1.25 bits per heavy atom. The van der Waals surface area contributed by atoms with E-state index in [4.69, 9.17) is 0 Å². The second-order valence-corrected chi connectivity index (χ2v) is 7.10. The summed E-state index contributed by atoms with van der Waals surface area (Å²) in [7, 11) is -3.38. The first-order valence-electron chi connectivity index (χ1n) is 7.41. The Balaban J connectivity index is 2.25. The molecule has 0 spiro atoms. The van der Waals surface area contributed by atoms with Crippen LogP contribution in [0.25, 0.3) is 0 Å². The molecule has 2 rings (SSSR count). The van der Waals surface area contributed by atoms with Crippen LogP contribution in [0.5, 0.6) is 0 Å². The van der Waals surface area contributed by atoms with Crippen molar-refractivity contribution in [3.05, 3.63) is 29.8 Å². The van der Waals surface area contributed by atoms with Crippen LogP contribution in [-0.2, 0) is 16.4 Å². The number of aryl methyl sites for hydroxylation is 1. The Kier molecular flexibility index (Phi) is 5.18. The van der Waals surface area contributed by atoms with E-state index < -0.39 is 10.0 Å². The molecule has 1 fully saturated rings. The van der Waals surface area contributed by atoms with E-state index in [-0.39, 0.29) is 6.04 Å². The highest BCUT2D eigenvalue weighted by Crippen LogP contribution is 2.21. The van der Waals surface area contributed by atoms with Gasteiger partial charge in [-0.2, -0.15) is 4.31 Å². The Labute approximate surface area is 122 Å². The van der Waals surface area contributed by atoms with Crippen LogP contribution >= 0.6 is 0 Å². The number of hydrogen-bond donors (Lipinski definition) is 1. The van der Waals surface area contributed by atoms with Gasteiger partial charge in [0.1, 0.15) is 0 Å². The summed E-state index contributed by atoms with van der Waals surface area (Å²) in [5.74, 6) is 0. The molecule has 1 aliphatic heterocycles. The van der Waals surface area contributed by atoms with Crippen molar-refractivity contribution in [3.8, 4) is 0 Å². The first kappa shape index (κ1) is 15.5. The van der Waals surface area contributed by atoms with Crippen LogP contribution in [0.1, 0.15) is 32.3 Å². The summed E-state index contributed by atoms with van der Waals surface area (Å²) in [6.45, 7) is 6.23. The highest BCUT2D eigenvalue weighted by molar-refractivity contribution is 7.89. The lowest BCUT2D eigenvalue weighted by molar-refractivity contribution is 0.274. The summed E-state index contributed by atoms with van der Waals surface area (Å²) in [6.07, 6.45) is 2.89. The third-order valence-electron chi connectivity index (χ3n) is 3.93. The van der Waals surface area contributed by atoms with E-state index in [9.17, 15) is 8.42 Å². The second kappa shape index (κ2) is 6.70. The van der Waals surface area contributed by atoms with E-state index in [1.807, 2.05) is 19.1 Å². The molecule has 1 unspecified atom stereocenters. The van der Waals surface area contributed by atoms with Gasteiger partial charge in [0.25, 0.3) is 0 Å². The Bertz CT molecular complexity index is 519. The molecule has 112 valence electrons. The maximum atomic E-state index is 12.8. The van der Waals surface area contributed by atoms with E-state index in [1.54, 1.807) is 16.4 Å². The lowest BCUT2D eigenvalue weighted by Gasteiger charge is -2.33. The Hall–Kier alpha value is -0.910. The van der Waals surface area contributed by atoms with Crippen molar-refractivity contribution >= 4 is 10.0 Å². The third kappa shape index (κ3) is 3.22. The molecule has 0 radical (unpaired) electrons. The summed E-state index contributed by atoms with van der Waals surface area (Å²) in [5, 5.41) is 3.29. The molecule has 1 heterocycles. The van der Waals surface area contributed by atoms with Crippen LogP contribution in [0.4, 0.5) is 0 Å². The van der Waals surface area contributed by atoms with Crippen molar-refractivity contribution in [2.75, 3.05) is 19.6 Å². The number of likely N-dealkylation sites (N-methyl/N-ethyl adjacent to an activating group) is 1. The van der Waals surface area contributed by atoms with Crippen LogP contribution in [0.15, 0.2) is 29.2 Å². The summed E-state index contributed by atoms with van der Waals surface area (Å²) in [5.41, 5.74) is 1.16. The zero-order valence-electron chi connectivity index (χ0n) is 12.3. The molecule has 0 bridgehead atoms. The van der Waals surface area contributed by atoms with Gasteiger partial charge in [0.05, 0.1) is 4.90 Å². The van der Waals surface area contributed by atoms with Crippen molar-refractivity contribution in [1.82, 2.24) is 9.62 Å². The predicted molar refractivity (Wildman–Crippen MR) is 81.3 cm³/mol. The molecule has 1 aliphatic rings. The molecule has 1 atom stereocenters. The Morgan fingerprint density at radius 2 is 1.95 bits per heavy atom. The van der Waals surface area contributed by atoms with Crippen molar-refractivity contribution in [2.24, 2.45) is 0 Å². The number of piperidine rings is 1. The van der Waals surface area contributed by atoms with Gasteiger partial charge in [-0.3, -0.25) is 0 Å².